The number of nitrogens with one attached hydrogen (secondary N) is 2. The van der Waals surface area contributed by atoms with Gasteiger partial charge in [0.1, 0.15) is 23.0 Å². The summed E-state index contributed by atoms with van der Waals surface area (Å²) in [7, 11) is 3.01. The summed E-state index contributed by atoms with van der Waals surface area (Å²) in [4.78, 5) is 32.5. The van der Waals surface area contributed by atoms with Gasteiger partial charge in [-0.3, -0.25) is 14.6 Å². The van der Waals surface area contributed by atoms with Crippen molar-refractivity contribution in [2.75, 3.05) is 19.5 Å². The van der Waals surface area contributed by atoms with Crippen LogP contribution in [0.15, 0.2) is 57.9 Å². The number of carbonyl (C=O) groups is 1. The fourth-order valence-electron chi connectivity index (χ4n) is 3.16. The van der Waals surface area contributed by atoms with Crippen LogP contribution in [-0.4, -0.2) is 39.9 Å². The number of rotatable bonds is 7. The topological polar surface area (TPSA) is 124 Å². The zero-order valence-corrected chi connectivity index (χ0v) is 18.6. The Hall–Kier alpha value is -4.34. The summed E-state index contributed by atoms with van der Waals surface area (Å²) in [6.45, 7) is 3.86. The maximum atomic E-state index is 13.1. The number of aromatic amines is 1. The van der Waals surface area contributed by atoms with Crippen molar-refractivity contribution in [2.24, 2.45) is 0 Å². The molecule has 10 nitrogen and oxygen atoms in total. The molecule has 0 atom stereocenters. The number of carbonyl (C=O) groups excluding carboxylic acids is 1. The van der Waals surface area contributed by atoms with Crippen molar-refractivity contribution < 1.29 is 18.7 Å². The second-order valence-electron chi connectivity index (χ2n) is 7.51. The van der Waals surface area contributed by atoms with E-state index in [0.717, 1.165) is 0 Å². The average molecular weight is 449 g/mol. The lowest BCUT2D eigenvalue weighted by Gasteiger charge is -2.11. The van der Waals surface area contributed by atoms with Gasteiger partial charge in [0.25, 0.3) is 11.5 Å². The van der Waals surface area contributed by atoms with Gasteiger partial charge in [0.05, 0.1) is 26.2 Å². The highest BCUT2D eigenvalue weighted by Gasteiger charge is 2.19. The van der Waals surface area contributed by atoms with E-state index in [-0.39, 0.29) is 23.2 Å². The Labute approximate surface area is 189 Å². The number of anilines is 1. The minimum Gasteiger partial charge on any atom is -0.497 e. The molecule has 0 saturated carbocycles. The summed E-state index contributed by atoms with van der Waals surface area (Å²) >= 11 is 0. The highest BCUT2D eigenvalue weighted by atomic mass is 16.5. The summed E-state index contributed by atoms with van der Waals surface area (Å²) < 4.78 is 17.3. The van der Waals surface area contributed by atoms with Gasteiger partial charge in [0, 0.05) is 23.8 Å². The largest absolute Gasteiger partial charge is 0.497 e. The molecule has 4 rings (SSSR count). The van der Waals surface area contributed by atoms with E-state index in [2.05, 4.69) is 20.4 Å². The zero-order chi connectivity index (χ0) is 23.5. The zero-order valence-electron chi connectivity index (χ0n) is 18.6. The van der Waals surface area contributed by atoms with Crippen molar-refractivity contribution in [2.45, 2.75) is 19.8 Å². The van der Waals surface area contributed by atoms with Crippen LogP contribution in [0.5, 0.6) is 11.5 Å². The lowest BCUT2D eigenvalue weighted by Crippen LogP contribution is -2.19. The Bertz CT molecular complexity index is 1320. The van der Waals surface area contributed by atoms with Gasteiger partial charge in [0.15, 0.2) is 5.76 Å². The smallest absolute Gasteiger partial charge is 0.257 e. The minimum atomic E-state index is -0.429. The van der Waals surface area contributed by atoms with Gasteiger partial charge in [0.2, 0.25) is 5.95 Å². The van der Waals surface area contributed by atoms with Crippen LogP contribution in [0.1, 0.15) is 35.8 Å². The number of aromatic nitrogens is 4. The standard InChI is InChI=1S/C23H23N5O5/c1-13(2)17-12-21(29)26-23(24-17)28-20(11-18(27-28)19-6-5-7-33-19)25-22(30)14-8-15(31-3)10-16(9-14)32-4/h5-13H,1-4H3,(H,25,30)(H,24,26,29). The summed E-state index contributed by atoms with van der Waals surface area (Å²) in [5.41, 5.74) is 1.04. The average Bonchev–Trinajstić information content (AvgIpc) is 3.48. The summed E-state index contributed by atoms with van der Waals surface area (Å²) in [5, 5.41) is 7.33. The van der Waals surface area contributed by atoms with Gasteiger partial charge in [-0.25, -0.2) is 4.98 Å². The molecule has 0 saturated heterocycles. The number of H-pyrrole nitrogens is 1. The second-order valence-corrected chi connectivity index (χ2v) is 7.51. The molecule has 170 valence electrons. The first-order valence-electron chi connectivity index (χ1n) is 10.2. The third kappa shape index (κ3) is 4.64. The Morgan fingerprint density at radius 1 is 1.12 bits per heavy atom. The summed E-state index contributed by atoms with van der Waals surface area (Å²) in [6.07, 6.45) is 1.52. The number of amides is 1. The fraction of sp³-hybridized carbons (Fsp3) is 0.217. The van der Waals surface area contributed by atoms with E-state index >= 15 is 0 Å². The fourth-order valence-corrected chi connectivity index (χ4v) is 3.16. The van der Waals surface area contributed by atoms with Crippen molar-refractivity contribution in [3.63, 3.8) is 0 Å². The molecule has 0 spiro atoms. The minimum absolute atomic E-state index is 0.0217. The number of ether oxygens (including phenoxy) is 2. The van der Waals surface area contributed by atoms with Gasteiger partial charge in [-0.2, -0.15) is 9.78 Å². The lowest BCUT2D eigenvalue weighted by atomic mass is 10.1. The molecule has 0 fully saturated rings. The van der Waals surface area contributed by atoms with Crippen LogP contribution in [0.2, 0.25) is 0 Å². The lowest BCUT2D eigenvalue weighted by molar-refractivity contribution is 0.102. The van der Waals surface area contributed by atoms with Crippen molar-refractivity contribution in [3.05, 3.63) is 70.3 Å². The molecule has 10 heteroatoms. The highest BCUT2D eigenvalue weighted by Crippen LogP contribution is 2.26. The molecule has 2 N–H and O–H groups in total. The van der Waals surface area contributed by atoms with E-state index in [1.165, 1.54) is 31.2 Å². The van der Waals surface area contributed by atoms with Gasteiger partial charge in [-0.15, -0.1) is 0 Å². The second kappa shape index (κ2) is 9.03. The number of methoxy groups -OCH3 is 2. The van der Waals surface area contributed by atoms with Crippen LogP contribution in [0.4, 0.5) is 5.82 Å². The van der Waals surface area contributed by atoms with Crippen molar-refractivity contribution in [1.82, 2.24) is 19.7 Å². The van der Waals surface area contributed by atoms with Crippen molar-refractivity contribution in [1.29, 1.82) is 0 Å². The number of hydrogen-bond acceptors (Lipinski definition) is 7. The van der Waals surface area contributed by atoms with Crippen LogP contribution in [0, 0.1) is 0 Å². The molecule has 33 heavy (non-hydrogen) atoms. The first-order chi connectivity index (χ1) is 15.9. The van der Waals surface area contributed by atoms with Crippen LogP contribution in [0.25, 0.3) is 17.4 Å². The first kappa shape index (κ1) is 21.9. The number of nitrogens with zero attached hydrogens (tertiary/aromatic N) is 3. The quantitative estimate of drug-likeness (QED) is 0.442. The van der Waals surface area contributed by atoms with Crippen LogP contribution < -0.4 is 20.3 Å². The number of furan rings is 1. The SMILES string of the molecule is COc1cc(OC)cc(C(=O)Nc2cc(-c3ccco3)nn2-c2nc(C(C)C)cc(=O)[nH]2)c1. The Kier molecular flexibility index (Phi) is 5.99. The van der Waals surface area contributed by atoms with Crippen LogP contribution in [0.3, 0.4) is 0 Å². The van der Waals surface area contributed by atoms with E-state index in [1.54, 1.807) is 36.4 Å². The molecule has 1 aromatic carbocycles. The van der Waals surface area contributed by atoms with Gasteiger partial charge >= 0.3 is 0 Å². The van der Waals surface area contributed by atoms with Crippen LogP contribution >= 0.6 is 0 Å². The molecule has 0 bridgehead atoms. The monoisotopic (exact) mass is 449 g/mol. The number of hydrogen-bond donors (Lipinski definition) is 2. The summed E-state index contributed by atoms with van der Waals surface area (Å²) in [6, 6.07) is 11.4. The van der Waals surface area contributed by atoms with E-state index in [0.29, 0.717) is 34.2 Å². The summed E-state index contributed by atoms with van der Waals surface area (Å²) in [5.74, 6) is 1.49. The molecular weight excluding hydrogens is 426 g/mol. The molecule has 0 aliphatic carbocycles. The van der Waals surface area contributed by atoms with E-state index < -0.39 is 5.91 Å². The van der Waals surface area contributed by atoms with E-state index in [4.69, 9.17) is 13.9 Å². The Morgan fingerprint density at radius 3 is 2.45 bits per heavy atom. The van der Waals surface area contributed by atoms with E-state index in [9.17, 15) is 9.59 Å². The molecule has 1 amide bonds. The predicted molar refractivity (Wildman–Crippen MR) is 121 cm³/mol. The first-order valence-corrected chi connectivity index (χ1v) is 10.2. The van der Waals surface area contributed by atoms with Gasteiger partial charge in [-0.1, -0.05) is 13.8 Å². The third-order valence-electron chi connectivity index (χ3n) is 4.88. The van der Waals surface area contributed by atoms with Gasteiger partial charge < -0.3 is 19.2 Å². The molecule has 4 aromatic rings. The molecular formula is C23H23N5O5. The molecule has 3 aromatic heterocycles. The van der Waals surface area contributed by atoms with Crippen molar-refractivity contribution >= 4 is 11.7 Å². The Morgan fingerprint density at radius 2 is 1.85 bits per heavy atom. The van der Waals surface area contributed by atoms with E-state index in [1.807, 2.05) is 13.8 Å². The maximum absolute atomic E-state index is 13.1. The maximum Gasteiger partial charge on any atom is 0.257 e. The highest BCUT2D eigenvalue weighted by molar-refractivity contribution is 6.04. The molecule has 0 aliphatic rings. The van der Waals surface area contributed by atoms with Crippen molar-refractivity contribution in [3.8, 4) is 28.9 Å². The molecule has 3 heterocycles. The molecule has 0 unspecified atom stereocenters. The van der Waals surface area contributed by atoms with Gasteiger partial charge in [-0.05, 0) is 30.2 Å². The number of benzene rings is 1. The Balaban J connectivity index is 1.78. The predicted octanol–water partition coefficient (Wildman–Crippen LogP) is 3.61. The molecule has 0 radical (unpaired) electrons. The van der Waals surface area contributed by atoms with Crippen LogP contribution in [-0.2, 0) is 0 Å². The normalized spacial score (nSPS) is 10.9. The molecule has 0 aliphatic heterocycles. The third-order valence-corrected chi connectivity index (χ3v) is 4.88.